The maximum absolute atomic E-state index is 10.9. The molecule has 0 heterocycles. The predicted octanol–water partition coefficient (Wildman–Crippen LogP) is 3.70. The second-order valence-corrected chi connectivity index (χ2v) is 4.93. The maximum Gasteiger partial charge on any atom is 0.306 e. The van der Waals surface area contributed by atoms with E-state index in [2.05, 4.69) is 13.8 Å². The van der Waals surface area contributed by atoms with Gasteiger partial charge in [-0.2, -0.15) is 0 Å². The Balaban J connectivity index is 2.29. The molecular formula is C13H24O2. The molecule has 1 rings (SSSR count). The third-order valence-corrected chi connectivity index (χ3v) is 3.91. The van der Waals surface area contributed by atoms with Crippen molar-refractivity contribution in [2.75, 3.05) is 0 Å². The highest BCUT2D eigenvalue weighted by atomic mass is 16.4. The summed E-state index contributed by atoms with van der Waals surface area (Å²) < 4.78 is 0. The van der Waals surface area contributed by atoms with Crippen molar-refractivity contribution >= 4 is 5.97 Å². The molecule has 3 unspecified atom stereocenters. The van der Waals surface area contributed by atoms with Gasteiger partial charge >= 0.3 is 5.97 Å². The summed E-state index contributed by atoms with van der Waals surface area (Å²) in [4.78, 5) is 10.9. The lowest BCUT2D eigenvalue weighted by Gasteiger charge is -2.35. The molecule has 0 aromatic rings. The fourth-order valence-electron chi connectivity index (χ4n) is 2.59. The fraction of sp³-hybridized carbons (Fsp3) is 0.923. The van der Waals surface area contributed by atoms with Crippen LogP contribution in [0.25, 0.3) is 0 Å². The summed E-state index contributed by atoms with van der Waals surface area (Å²) in [5.41, 5.74) is 0. The Morgan fingerprint density at radius 3 is 2.53 bits per heavy atom. The second-order valence-electron chi connectivity index (χ2n) is 4.93. The molecule has 1 N–H and O–H groups in total. The average Bonchev–Trinajstić information content (AvgIpc) is 2.15. The first-order valence-corrected chi connectivity index (χ1v) is 6.41. The average molecular weight is 212 g/mol. The Hall–Kier alpha value is -0.530. The highest BCUT2D eigenvalue weighted by Gasteiger charge is 2.37. The topological polar surface area (TPSA) is 37.3 Å². The van der Waals surface area contributed by atoms with Gasteiger partial charge in [0.1, 0.15) is 0 Å². The zero-order valence-electron chi connectivity index (χ0n) is 10.0. The molecule has 0 amide bonds. The van der Waals surface area contributed by atoms with E-state index in [1.807, 2.05) is 0 Å². The van der Waals surface area contributed by atoms with E-state index in [1.165, 1.54) is 25.7 Å². The van der Waals surface area contributed by atoms with Gasteiger partial charge in [-0.1, -0.05) is 39.5 Å². The number of unbranched alkanes of at least 4 members (excludes halogenated alkanes) is 1. The summed E-state index contributed by atoms with van der Waals surface area (Å²) in [6.45, 7) is 4.45. The van der Waals surface area contributed by atoms with Crippen LogP contribution in [0.2, 0.25) is 0 Å². The summed E-state index contributed by atoms with van der Waals surface area (Å²) >= 11 is 0. The van der Waals surface area contributed by atoms with Crippen LogP contribution >= 0.6 is 0 Å². The van der Waals surface area contributed by atoms with Crippen LogP contribution in [0.5, 0.6) is 0 Å². The van der Waals surface area contributed by atoms with Crippen molar-refractivity contribution in [1.82, 2.24) is 0 Å². The van der Waals surface area contributed by atoms with Crippen LogP contribution in [0, 0.1) is 17.8 Å². The standard InChI is InChI=1S/C13H24O2/c1-3-5-6-10(4-2)9-11-7-8-12(11)13(14)15/h10-12H,3-9H2,1-2H3,(H,14,15). The third-order valence-electron chi connectivity index (χ3n) is 3.91. The SMILES string of the molecule is CCCCC(CC)CC1CCC1C(=O)O. The first-order chi connectivity index (χ1) is 7.19. The molecule has 0 aromatic heterocycles. The molecule has 0 aliphatic heterocycles. The minimum atomic E-state index is -0.573. The molecule has 2 heteroatoms. The number of carboxylic acid groups (broad SMARTS) is 1. The van der Waals surface area contributed by atoms with Gasteiger partial charge in [-0.3, -0.25) is 4.79 Å². The Kier molecular flexibility index (Phi) is 5.13. The number of hydrogen-bond donors (Lipinski definition) is 1. The molecule has 88 valence electrons. The number of hydrogen-bond acceptors (Lipinski definition) is 1. The van der Waals surface area contributed by atoms with Crippen molar-refractivity contribution in [1.29, 1.82) is 0 Å². The zero-order chi connectivity index (χ0) is 11.3. The minimum Gasteiger partial charge on any atom is -0.481 e. The predicted molar refractivity (Wildman–Crippen MR) is 61.8 cm³/mol. The van der Waals surface area contributed by atoms with Crippen molar-refractivity contribution < 1.29 is 9.90 Å². The molecule has 15 heavy (non-hydrogen) atoms. The van der Waals surface area contributed by atoms with Gasteiger partial charge in [0.2, 0.25) is 0 Å². The van der Waals surface area contributed by atoms with E-state index in [0.29, 0.717) is 5.92 Å². The van der Waals surface area contributed by atoms with Crippen LogP contribution in [0.15, 0.2) is 0 Å². The first-order valence-electron chi connectivity index (χ1n) is 6.41. The van der Waals surface area contributed by atoms with Crippen molar-refractivity contribution in [3.63, 3.8) is 0 Å². The van der Waals surface area contributed by atoms with E-state index in [9.17, 15) is 4.79 Å². The molecule has 0 aromatic carbocycles. The van der Waals surface area contributed by atoms with Gasteiger partial charge in [-0.05, 0) is 31.1 Å². The summed E-state index contributed by atoms with van der Waals surface area (Å²) in [7, 11) is 0. The Labute approximate surface area is 93.1 Å². The van der Waals surface area contributed by atoms with Gasteiger partial charge in [-0.25, -0.2) is 0 Å². The van der Waals surface area contributed by atoms with Crippen LogP contribution in [-0.2, 0) is 4.79 Å². The highest BCUT2D eigenvalue weighted by Crippen LogP contribution is 2.40. The lowest BCUT2D eigenvalue weighted by Crippen LogP contribution is -2.34. The smallest absolute Gasteiger partial charge is 0.306 e. The summed E-state index contributed by atoms with van der Waals surface area (Å²) in [5, 5.41) is 8.97. The lowest BCUT2D eigenvalue weighted by atomic mass is 9.69. The molecule has 1 aliphatic carbocycles. The summed E-state index contributed by atoms with van der Waals surface area (Å²) in [5.74, 6) is 0.638. The molecule has 3 atom stereocenters. The fourth-order valence-corrected chi connectivity index (χ4v) is 2.59. The number of carboxylic acids is 1. The highest BCUT2D eigenvalue weighted by molar-refractivity contribution is 5.71. The van der Waals surface area contributed by atoms with Gasteiger partial charge in [-0.15, -0.1) is 0 Å². The third kappa shape index (κ3) is 3.51. The van der Waals surface area contributed by atoms with Gasteiger partial charge in [0, 0.05) is 0 Å². The summed E-state index contributed by atoms with van der Waals surface area (Å²) in [6, 6.07) is 0. The molecule has 0 radical (unpaired) electrons. The van der Waals surface area contributed by atoms with Gasteiger partial charge in [0.05, 0.1) is 5.92 Å². The van der Waals surface area contributed by atoms with E-state index in [-0.39, 0.29) is 5.92 Å². The molecule has 0 saturated heterocycles. The molecular weight excluding hydrogens is 188 g/mol. The maximum atomic E-state index is 10.9. The number of rotatable bonds is 7. The zero-order valence-corrected chi connectivity index (χ0v) is 10.0. The van der Waals surface area contributed by atoms with E-state index < -0.39 is 5.97 Å². The Morgan fingerprint density at radius 1 is 1.40 bits per heavy atom. The van der Waals surface area contributed by atoms with Crippen LogP contribution in [0.4, 0.5) is 0 Å². The van der Waals surface area contributed by atoms with E-state index in [1.54, 1.807) is 0 Å². The molecule has 0 spiro atoms. The van der Waals surface area contributed by atoms with E-state index in [0.717, 1.165) is 25.2 Å². The minimum absolute atomic E-state index is 0.0272. The number of aliphatic carboxylic acids is 1. The molecule has 1 aliphatic rings. The second kappa shape index (κ2) is 6.14. The molecule has 0 bridgehead atoms. The molecule has 1 fully saturated rings. The monoisotopic (exact) mass is 212 g/mol. The Bertz CT molecular complexity index is 201. The van der Waals surface area contributed by atoms with Crippen molar-refractivity contribution in [3.05, 3.63) is 0 Å². The van der Waals surface area contributed by atoms with Gasteiger partial charge < -0.3 is 5.11 Å². The largest absolute Gasteiger partial charge is 0.481 e. The van der Waals surface area contributed by atoms with Crippen LogP contribution < -0.4 is 0 Å². The van der Waals surface area contributed by atoms with Gasteiger partial charge in [0.25, 0.3) is 0 Å². The van der Waals surface area contributed by atoms with E-state index >= 15 is 0 Å². The Morgan fingerprint density at radius 2 is 2.13 bits per heavy atom. The van der Waals surface area contributed by atoms with Crippen LogP contribution in [0.3, 0.4) is 0 Å². The van der Waals surface area contributed by atoms with Crippen LogP contribution in [-0.4, -0.2) is 11.1 Å². The molecule has 2 nitrogen and oxygen atoms in total. The lowest BCUT2D eigenvalue weighted by molar-refractivity contribution is -0.148. The van der Waals surface area contributed by atoms with Crippen molar-refractivity contribution in [2.45, 2.75) is 58.8 Å². The quantitative estimate of drug-likeness (QED) is 0.698. The van der Waals surface area contributed by atoms with Crippen molar-refractivity contribution in [2.24, 2.45) is 17.8 Å². The van der Waals surface area contributed by atoms with Crippen molar-refractivity contribution in [3.8, 4) is 0 Å². The summed E-state index contributed by atoms with van der Waals surface area (Å²) in [6.07, 6.45) is 8.24. The first kappa shape index (κ1) is 12.5. The van der Waals surface area contributed by atoms with Gasteiger partial charge in [0.15, 0.2) is 0 Å². The number of carbonyl (C=O) groups is 1. The molecule has 1 saturated carbocycles. The van der Waals surface area contributed by atoms with E-state index in [4.69, 9.17) is 5.11 Å². The normalized spacial score (nSPS) is 27.1. The van der Waals surface area contributed by atoms with Crippen LogP contribution in [0.1, 0.15) is 58.8 Å².